The van der Waals surface area contributed by atoms with Crippen molar-refractivity contribution in [3.63, 3.8) is 0 Å². The van der Waals surface area contributed by atoms with Crippen LogP contribution >= 0.6 is 0 Å². The van der Waals surface area contributed by atoms with Crippen LogP contribution in [-0.4, -0.2) is 46.8 Å². The number of nitrogens with zero attached hydrogens (tertiary/aromatic N) is 5. The van der Waals surface area contributed by atoms with Gasteiger partial charge in [0.25, 0.3) is 0 Å². The number of urea groups is 1. The van der Waals surface area contributed by atoms with Crippen molar-refractivity contribution in [2.24, 2.45) is 0 Å². The third-order valence-electron chi connectivity index (χ3n) is 6.67. The van der Waals surface area contributed by atoms with Gasteiger partial charge in [-0.1, -0.05) is 36.4 Å². The van der Waals surface area contributed by atoms with E-state index in [0.717, 1.165) is 28.5 Å². The van der Waals surface area contributed by atoms with Gasteiger partial charge in [-0.25, -0.2) is 9.18 Å². The van der Waals surface area contributed by atoms with Crippen molar-refractivity contribution in [2.75, 3.05) is 29.9 Å². The van der Waals surface area contributed by atoms with E-state index in [4.69, 9.17) is 5.26 Å². The van der Waals surface area contributed by atoms with Crippen LogP contribution in [0.5, 0.6) is 0 Å². The summed E-state index contributed by atoms with van der Waals surface area (Å²) in [5, 5.41) is 22.1. The highest BCUT2D eigenvalue weighted by molar-refractivity contribution is 6.00. The topological polar surface area (TPSA) is 85.2 Å². The van der Waals surface area contributed by atoms with Crippen molar-refractivity contribution in [1.29, 1.82) is 5.26 Å². The zero-order chi connectivity index (χ0) is 27.7. The number of nitriles is 1. The molecule has 11 heteroatoms. The predicted molar refractivity (Wildman–Crippen MR) is 138 cm³/mol. The van der Waals surface area contributed by atoms with Gasteiger partial charge in [-0.2, -0.15) is 18.4 Å². The van der Waals surface area contributed by atoms with E-state index in [1.165, 1.54) is 4.90 Å². The fraction of sp³-hybridized carbons (Fsp3) is 0.214. The predicted octanol–water partition coefficient (Wildman–Crippen LogP) is 6.07. The van der Waals surface area contributed by atoms with E-state index in [1.54, 1.807) is 12.1 Å². The molecule has 5 rings (SSSR count). The Kier molecular flexibility index (Phi) is 6.78. The molecule has 1 N–H and O–H groups in total. The number of benzene rings is 3. The molecule has 3 aromatic carbocycles. The number of halogens is 4. The highest BCUT2D eigenvalue weighted by atomic mass is 19.4. The largest absolute Gasteiger partial charge is 0.418 e. The first-order chi connectivity index (χ1) is 18.7. The number of alkyl halides is 3. The fourth-order valence-electron chi connectivity index (χ4n) is 4.73. The number of carbonyl (C=O) groups excluding carboxylic acids is 1. The van der Waals surface area contributed by atoms with E-state index in [1.807, 2.05) is 48.2 Å². The van der Waals surface area contributed by atoms with Crippen LogP contribution in [0.3, 0.4) is 0 Å². The number of hydrogen-bond acceptors (Lipinski definition) is 5. The van der Waals surface area contributed by atoms with Crippen molar-refractivity contribution in [3.05, 3.63) is 83.7 Å². The van der Waals surface area contributed by atoms with Crippen LogP contribution in [0.25, 0.3) is 22.0 Å². The van der Waals surface area contributed by atoms with Crippen LogP contribution in [-0.2, 0) is 6.18 Å². The Morgan fingerprint density at radius 1 is 1.03 bits per heavy atom. The van der Waals surface area contributed by atoms with E-state index in [0.29, 0.717) is 29.7 Å². The van der Waals surface area contributed by atoms with Crippen LogP contribution in [0.2, 0.25) is 0 Å². The number of hydrogen-bond donors (Lipinski definition) is 1. The lowest BCUT2D eigenvalue weighted by Gasteiger charge is -2.40. The van der Waals surface area contributed by atoms with Crippen LogP contribution in [0.1, 0.15) is 18.1 Å². The van der Waals surface area contributed by atoms with E-state index < -0.39 is 29.3 Å². The van der Waals surface area contributed by atoms with Gasteiger partial charge in [-0.15, -0.1) is 10.2 Å². The number of fused-ring (bicyclic) bond motifs is 1. The summed E-state index contributed by atoms with van der Waals surface area (Å²) >= 11 is 0. The Labute approximate surface area is 221 Å². The number of aromatic nitrogens is 2. The number of amides is 2. The molecule has 2 heterocycles. The second kappa shape index (κ2) is 10.2. The normalized spacial score (nSPS) is 15.7. The molecule has 1 unspecified atom stereocenters. The van der Waals surface area contributed by atoms with Gasteiger partial charge in [0.05, 0.1) is 22.9 Å². The monoisotopic (exact) mass is 534 g/mol. The van der Waals surface area contributed by atoms with Crippen molar-refractivity contribution in [1.82, 2.24) is 15.1 Å². The van der Waals surface area contributed by atoms with Gasteiger partial charge in [0, 0.05) is 42.0 Å². The minimum Gasteiger partial charge on any atom is -0.348 e. The zero-order valence-corrected chi connectivity index (χ0v) is 20.7. The summed E-state index contributed by atoms with van der Waals surface area (Å²) in [4.78, 5) is 16.3. The molecule has 0 saturated carbocycles. The molecule has 7 nitrogen and oxygen atoms in total. The molecule has 1 atom stereocenters. The SMILES string of the molecule is CC1CN(C(=O)Nc2ccc(F)cc2C(F)(F)F)CCN1c1nnc(-c2ccc(C#N)cc2)c2ccccc12. The van der Waals surface area contributed by atoms with Gasteiger partial charge in [0.15, 0.2) is 5.82 Å². The molecule has 1 fully saturated rings. The number of piperazine rings is 1. The third kappa shape index (κ3) is 5.18. The zero-order valence-electron chi connectivity index (χ0n) is 20.7. The number of nitrogens with one attached hydrogen (secondary N) is 1. The Morgan fingerprint density at radius 2 is 1.74 bits per heavy atom. The second-order valence-corrected chi connectivity index (χ2v) is 9.21. The Morgan fingerprint density at radius 3 is 2.41 bits per heavy atom. The summed E-state index contributed by atoms with van der Waals surface area (Å²) in [6.45, 7) is 2.72. The minimum atomic E-state index is -4.82. The molecule has 4 aromatic rings. The average molecular weight is 535 g/mol. The molecular weight excluding hydrogens is 512 g/mol. The Balaban J connectivity index is 1.37. The van der Waals surface area contributed by atoms with Crippen molar-refractivity contribution < 1.29 is 22.4 Å². The average Bonchev–Trinajstić information content (AvgIpc) is 2.93. The first-order valence-corrected chi connectivity index (χ1v) is 12.1. The number of rotatable bonds is 3. The van der Waals surface area contributed by atoms with E-state index in [-0.39, 0.29) is 19.1 Å². The maximum absolute atomic E-state index is 13.4. The molecule has 1 saturated heterocycles. The molecule has 2 amide bonds. The van der Waals surface area contributed by atoms with E-state index in [2.05, 4.69) is 21.6 Å². The van der Waals surface area contributed by atoms with Crippen LogP contribution < -0.4 is 10.2 Å². The summed E-state index contributed by atoms with van der Waals surface area (Å²) < 4.78 is 53.5. The lowest BCUT2D eigenvalue weighted by Crippen LogP contribution is -2.55. The van der Waals surface area contributed by atoms with Gasteiger partial charge in [-0.3, -0.25) is 0 Å². The number of anilines is 2. The summed E-state index contributed by atoms with van der Waals surface area (Å²) in [5.74, 6) is -0.408. The minimum absolute atomic E-state index is 0.224. The first-order valence-electron chi connectivity index (χ1n) is 12.1. The van der Waals surface area contributed by atoms with Gasteiger partial charge in [0.1, 0.15) is 11.5 Å². The fourth-order valence-corrected chi connectivity index (χ4v) is 4.73. The highest BCUT2D eigenvalue weighted by Crippen LogP contribution is 2.36. The molecule has 0 radical (unpaired) electrons. The summed E-state index contributed by atoms with van der Waals surface area (Å²) in [5.41, 5.74) is 0.283. The Bertz CT molecular complexity index is 1580. The van der Waals surface area contributed by atoms with Crippen molar-refractivity contribution in [2.45, 2.75) is 19.1 Å². The van der Waals surface area contributed by atoms with Gasteiger partial charge < -0.3 is 15.1 Å². The third-order valence-corrected chi connectivity index (χ3v) is 6.67. The lowest BCUT2D eigenvalue weighted by molar-refractivity contribution is -0.137. The molecule has 0 aliphatic carbocycles. The van der Waals surface area contributed by atoms with Crippen LogP contribution in [0, 0.1) is 17.1 Å². The molecule has 1 aliphatic rings. The van der Waals surface area contributed by atoms with Gasteiger partial charge in [-0.05, 0) is 37.3 Å². The van der Waals surface area contributed by atoms with E-state index >= 15 is 0 Å². The smallest absolute Gasteiger partial charge is 0.348 e. The molecule has 198 valence electrons. The lowest BCUT2D eigenvalue weighted by atomic mass is 10.0. The standard InChI is InChI=1S/C28H22F4N6O/c1-17-16-37(27(39)34-24-11-10-20(29)14-23(24)28(30,31)32)12-13-38(17)26-22-5-3-2-4-21(22)25(35-36-26)19-8-6-18(15-33)7-9-19/h2-11,14,17H,12-13,16H2,1H3,(H,34,39). The molecule has 0 bridgehead atoms. The van der Waals surface area contributed by atoms with Crippen LogP contribution in [0.4, 0.5) is 33.9 Å². The van der Waals surface area contributed by atoms with E-state index in [9.17, 15) is 22.4 Å². The number of carbonyl (C=O) groups is 1. The molecule has 0 spiro atoms. The summed E-state index contributed by atoms with van der Waals surface area (Å²) in [7, 11) is 0. The summed E-state index contributed by atoms with van der Waals surface area (Å²) in [6.07, 6.45) is -4.82. The molecule has 39 heavy (non-hydrogen) atoms. The van der Waals surface area contributed by atoms with Gasteiger partial charge >= 0.3 is 12.2 Å². The second-order valence-electron chi connectivity index (χ2n) is 9.21. The highest BCUT2D eigenvalue weighted by Gasteiger charge is 2.35. The quantitative estimate of drug-likeness (QED) is 0.323. The molecule has 1 aromatic heterocycles. The Hall–Kier alpha value is -4.72. The summed E-state index contributed by atoms with van der Waals surface area (Å²) in [6, 6.07) is 18.1. The maximum atomic E-state index is 13.4. The van der Waals surface area contributed by atoms with Gasteiger partial charge in [0.2, 0.25) is 0 Å². The van der Waals surface area contributed by atoms with Crippen LogP contribution in [0.15, 0.2) is 66.7 Å². The molecule has 1 aliphatic heterocycles. The molecular formula is C28H22F4N6O. The maximum Gasteiger partial charge on any atom is 0.418 e. The van der Waals surface area contributed by atoms with Crippen molar-refractivity contribution >= 4 is 28.3 Å². The first kappa shape index (κ1) is 25.9. The van der Waals surface area contributed by atoms with Crippen molar-refractivity contribution in [3.8, 4) is 17.3 Å².